The van der Waals surface area contributed by atoms with Gasteiger partial charge in [0.25, 0.3) is 0 Å². The van der Waals surface area contributed by atoms with Gasteiger partial charge in [-0.15, -0.1) is 0 Å². The van der Waals surface area contributed by atoms with Crippen molar-refractivity contribution in [1.29, 1.82) is 0 Å². The van der Waals surface area contributed by atoms with E-state index in [2.05, 4.69) is 29.6 Å². The average Bonchev–Trinajstić information content (AvgIpc) is 3.31. The summed E-state index contributed by atoms with van der Waals surface area (Å²) in [5.41, 5.74) is 5.00. The fourth-order valence-corrected chi connectivity index (χ4v) is 5.37. The zero-order chi connectivity index (χ0) is 31.1. The summed E-state index contributed by atoms with van der Waals surface area (Å²) >= 11 is 0. The number of fused-ring (bicyclic) bond motifs is 3. The summed E-state index contributed by atoms with van der Waals surface area (Å²) in [6, 6.07) is 22.9. The van der Waals surface area contributed by atoms with Crippen LogP contribution in [0.5, 0.6) is 0 Å². The van der Waals surface area contributed by atoms with Crippen LogP contribution in [0.2, 0.25) is 0 Å². The summed E-state index contributed by atoms with van der Waals surface area (Å²) in [6.07, 6.45) is -0.279. The van der Waals surface area contributed by atoms with Crippen molar-refractivity contribution in [2.45, 2.75) is 65.1 Å². The maximum absolute atomic E-state index is 13.8. The summed E-state index contributed by atoms with van der Waals surface area (Å²) < 4.78 is 16.4. The highest BCUT2D eigenvalue weighted by molar-refractivity contribution is 5.89. The van der Waals surface area contributed by atoms with E-state index >= 15 is 0 Å². The largest absolute Gasteiger partial charge is 0.465 e. The number of nitrogens with zero attached hydrogens (tertiary/aromatic N) is 1. The van der Waals surface area contributed by atoms with Crippen LogP contribution in [0.1, 0.15) is 74.0 Å². The molecule has 3 aromatic carbocycles. The second kappa shape index (κ2) is 13.8. The predicted molar refractivity (Wildman–Crippen MR) is 166 cm³/mol. The molecule has 2 amide bonds. The average molecular weight is 587 g/mol. The smallest absolute Gasteiger partial charge is 0.410 e. The topological polar surface area (TPSA) is 94.2 Å². The van der Waals surface area contributed by atoms with E-state index in [1.165, 1.54) is 7.11 Å². The Morgan fingerprint density at radius 1 is 0.930 bits per heavy atom. The van der Waals surface area contributed by atoms with Crippen LogP contribution in [-0.2, 0) is 20.8 Å². The quantitative estimate of drug-likeness (QED) is 0.200. The third-order valence-corrected chi connectivity index (χ3v) is 7.77. The Morgan fingerprint density at radius 3 is 2.14 bits per heavy atom. The lowest BCUT2D eigenvalue weighted by Crippen LogP contribution is -2.50. The standard InChI is InChI=1S/C35H42N2O6/c1-7-23(2)31(36-33(39)43-35(3,4)5)21-37(20-24-13-12-14-25(19-24)32(38)41-6)34(40)42-22-30-28-17-10-8-15-26(28)27-16-9-11-18-29(27)30/h8-19,23,30-31H,7,20-22H2,1-6H3,(H,36,39)/t23-,31+/m0/s1. The maximum Gasteiger partial charge on any atom is 0.410 e. The van der Waals surface area contributed by atoms with Crippen LogP contribution in [0.4, 0.5) is 9.59 Å². The van der Waals surface area contributed by atoms with Gasteiger partial charge < -0.3 is 24.4 Å². The van der Waals surface area contributed by atoms with Crippen molar-refractivity contribution in [3.05, 3.63) is 95.1 Å². The number of alkyl carbamates (subject to hydrolysis) is 1. The van der Waals surface area contributed by atoms with Crippen molar-refractivity contribution in [2.24, 2.45) is 5.92 Å². The van der Waals surface area contributed by atoms with Gasteiger partial charge >= 0.3 is 18.2 Å². The molecule has 0 spiro atoms. The van der Waals surface area contributed by atoms with Crippen LogP contribution >= 0.6 is 0 Å². The van der Waals surface area contributed by atoms with Crippen molar-refractivity contribution in [1.82, 2.24) is 10.2 Å². The molecule has 0 saturated carbocycles. The van der Waals surface area contributed by atoms with Gasteiger partial charge in [-0.3, -0.25) is 0 Å². The molecule has 1 aliphatic carbocycles. The number of rotatable bonds is 10. The first-order chi connectivity index (χ1) is 20.5. The molecule has 8 nitrogen and oxygen atoms in total. The second-order valence-electron chi connectivity index (χ2n) is 12.0. The predicted octanol–water partition coefficient (Wildman–Crippen LogP) is 7.16. The molecular weight excluding hydrogens is 544 g/mol. The van der Waals surface area contributed by atoms with Gasteiger partial charge in [0, 0.05) is 19.0 Å². The molecule has 0 heterocycles. The first kappa shape index (κ1) is 31.6. The first-order valence-corrected chi connectivity index (χ1v) is 14.8. The van der Waals surface area contributed by atoms with E-state index in [0.29, 0.717) is 5.56 Å². The zero-order valence-electron chi connectivity index (χ0n) is 25.9. The lowest BCUT2D eigenvalue weighted by Gasteiger charge is -2.32. The molecule has 4 rings (SSSR count). The summed E-state index contributed by atoms with van der Waals surface area (Å²) in [4.78, 5) is 40.4. The molecule has 2 atom stereocenters. The Bertz CT molecular complexity index is 1400. The molecule has 0 saturated heterocycles. The van der Waals surface area contributed by atoms with E-state index in [4.69, 9.17) is 14.2 Å². The minimum Gasteiger partial charge on any atom is -0.465 e. The number of amides is 2. The van der Waals surface area contributed by atoms with Crippen LogP contribution in [0, 0.1) is 5.92 Å². The number of nitrogens with one attached hydrogen (secondary N) is 1. The summed E-state index contributed by atoms with van der Waals surface area (Å²) in [6.45, 7) is 10.0. The van der Waals surface area contributed by atoms with Crippen LogP contribution in [0.15, 0.2) is 72.8 Å². The Balaban J connectivity index is 1.58. The number of hydrogen-bond acceptors (Lipinski definition) is 6. The lowest BCUT2D eigenvalue weighted by molar-refractivity contribution is 0.0452. The third kappa shape index (κ3) is 7.95. The molecule has 1 aliphatic rings. The fourth-order valence-electron chi connectivity index (χ4n) is 5.37. The van der Waals surface area contributed by atoms with Crippen LogP contribution in [0.25, 0.3) is 11.1 Å². The van der Waals surface area contributed by atoms with E-state index < -0.39 is 29.8 Å². The highest BCUT2D eigenvalue weighted by atomic mass is 16.6. The second-order valence-corrected chi connectivity index (χ2v) is 12.0. The van der Waals surface area contributed by atoms with Crippen LogP contribution in [0.3, 0.4) is 0 Å². The zero-order valence-corrected chi connectivity index (χ0v) is 25.9. The number of esters is 1. The molecule has 0 fully saturated rings. The fraction of sp³-hybridized carbons (Fsp3) is 0.400. The number of methoxy groups -OCH3 is 1. The Hall–Kier alpha value is -4.33. The van der Waals surface area contributed by atoms with Gasteiger partial charge in [0.1, 0.15) is 12.2 Å². The van der Waals surface area contributed by atoms with Gasteiger partial charge in [-0.1, -0.05) is 80.9 Å². The molecule has 8 heteroatoms. The van der Waals surface area contributed by atoms with E-state index in [0.717, 1.165) is 34.2 Å². The van der Waals surface area contributed by atoms with Crippen molar-refractivity contribution >= 4 is 18.2 Å². The van der Waals surface area contributed by atoms with Gasteiger partial charge in [-0.2, -0.15) is 0 Å². The van der Waals surface area contributed by atoms with E-state index in [1.807, 2.05) is 65.0 Å². The Kier molecular flexibility index (Phi) is 10.1. The number of carbonyl (C=O) groups excluding carboxylic acids is 3. The van der Waals surface area contributed by atoms with Gasteiger partial charge in [0.15, 0.2) is 0 Å². The van der Waals surface area contributed by atoms with Gasteiger partial charge in [0.2, 0.25) is 0 Å². The van der Waals surface area contributed by atoms with E-state index in [-0.39, 0.29) is 31.5 Å². The molecule has 0 bridgehead atoms. The van der Waals surface area contributed by atoms with E-state index in [9.17, 15) is 14.4 Å². The number of benzene rings is 3. The normalized spacial score (nSPS) is 13.7. The van der Waals surface area contributed by atoms with Gasteiger partial charge in [-0.05, 0) is 66.6 Å². The SMILES string of the molecule is CC[C@H](C)[C@@H](CN(Cc1cccc(C(=O)OC)c1)C(=O)OCC1c2ccccc2-c2ccccc21)NC(=O)OC(C)(C)C. The number of carbonyl (C=O) groups is 3. The summed E-state index contributed by atoms with van der Waals surface area (Å²) in [5.74, 6) is -0.512. The minimum absolute atomic E-state index is 0.0396. The molecular formula is C35H42N2O6. The van der Waals surface area contributed by atoms with Gasteiger partial charge in [-0.25, -0.2) is 14.4 Å². The first-order valence-electron chi connectivity index (χ1n) is 14.8. The summed E-state index contributed by atoms with van der Waals surface area (Å²) in [7, 11) is 1.33. The van der Waals surface area contributed by atoms with Crippen molar-refractivity contribution in [3.8, 4) is 11.1 Å². The highest BCUT2D eigenvalue weighted by Gasteiger charge is 2.31. The molecule has 3 aromatic rings. The van der Waals surface area contributed by atoms with Crippen molar-refractivity contribution in [3.63, 3.8) is 0 Å². The molecule has 0 aromatic heterocycles. The van der Waals surface area contributed by atoms with E-state index in [1.54, 1.807) is 23.1 Å². The molecule has 1 N–H and O–H groups in total. The lowest BCUT2D eigenvalue weighted by atomic mass is 9.98. The number of hydrogen-bond donors (Lipinski definition) is 1. The Labute approximate surface area is 254 Å². The van der Waals surface area contributed by atoms with Crippen molar-refractivity contribution in [2.75, 3.05) is 20.3 Å². The minimum atomic E-state index is -0.662. The van der Waals surface area contributed by atoms with Crippen LogP contribution in [-0.4, -0.2) is 55.0 Å². The Morgan fingerprint density at radius 2 is 1.56 bits per heavy atom. The van der Waals surface area contributed by atoms with Crippen molar-refractivity contribution < 1.29 is 28.6 Å². The monoisotopic (exact) mass is 586 g/mol. The molecule has 0 aliphatic heterocycles. The maximum atomic E-state index is 13.8. The molecule has 0 unspecified atom stereocenters. The van der Waals surface area contributed by atoms with Crippen LogP contribution < -0.4 is 5.32 Å². The molecule has 43 heavy (non-hydrogen) atoms. The summed E-state index contributed by atoms with van der Waals surface area (Å²) in [5, 5.41) is 2.97. The number of ether oxygens (including phenoxy) is 3. The van der Waals surface area contributed by atoms with Gasteiger partial charge in [0.05, 0.1) is 18.7 Å². The molecule has 228 valence electrons. The molecule has 0 radical (unpaired) electrons. The third-order valence-electron chi connectivity index (χ3n) is 7.77. The highest BCUT2D eigenvalue weighted by Crippen LogP contribution is 2.44.